The number of ether oxygens (including phenoxy) is 1. The fourth-order valence-corrected chi connectivity index (χ4v) is 2.99. The fraction of sp³-hybridized carbons (Fsp3) is 0.263. The maximum absolute atomic E-state index is 12.2. The zero-order valence-corrected chi connectivity index (χ0v) is 14.1. The first-order valence-corrected chi connectivity index (χ1v) is 8.07. The highest BCUT2D eigenvalue weighted by Crippen LogP contribution is 2.22. The van der Waals surface area contributed by atoms with Gasteiger partial charge in [0.1, 0.15) is 17.8 Å². The molecule has 5 nitrogen and oxygen atoms in total. The molecule has 0 aliphatic heterocycles. The summed E-state index contributed by atoms with van der Waals surface area (Å²) in [5.74, 6) is 1.55. The maximum Gasteiger partial charge on any atom is 0.258 e. The Hall–Kier alpha value is -2.66. The van der Waals surface area contributed by atoms with Crippen molar-refractivity contribution in [3.05, 3.63) is 70.3 Å². The molecule has 1 heterocycles. The minimum atomic E-state index is -0.0965. The minimum absolute atomic E-state index is 0.0159. The number of aromatic nitrogens is 2. The Labute approximate surface area is 140 Å². The molecule has 0 radical (unpaired) electrons. The molecular formula is C19H22N3O2+. The topological polar surface area (TPSA) is 71.6 Å². The third kappa shape index (κ3) is 3.16. The number of benzene rings is 2. The van der Waals surface area contributed by atoms with Crippen LogP contribution in [-0.2, 0) is 0 Å². The third-order valence-electron chi connectivity index (χ3n) is 4.27. The van der Waals surface area contributed by atoms with Gasteiger partial charge in [-0.15, -0.1) is 0 Å². The van der Waals surface area contributed by atoms with Crippen molar-refractivity contribution in [2.75, 3.05) is 7.11 Å². The Morgan fingerprint density at radius 3 is 2.54 bits per heavy atom. The van der Waals surface area contributed by atoms with Gasteiger partial charge in [0.2, 0.25) is 0 Å². The largest absolute Gasteiger partial charge is 0.496 e. The van der Waals surface area contributed by atoms with Gasteiger partial charge in [0.25, 0.3) is 5.56 Å². The van der Waals surface area contributed by atoms with Crippen LogP contribution >= 0.6 is 0 Å². The number of hydrogen-bond acceptors (Lipinski definition) is 3. The van der Waals surface area contributed by atoms with Gasteiger partial charge in [0, 0.05) is 0 Å². The number of hydrogen-bond donors (Lipinski definition) is 2. The summed E-state index contributed by atoms with van der Waals surface area (Å²) in [5, 5.41) is 2.79. The summed E-state index contributed by atoms with van der Waals surface area (Å²) in [6, 6.07) is 15.6. The Morgan fingerprint density at radius 1 is 1.04 bits per heavy atom. The van der Waals surface area contributed by atoms with Crippen LogP contribution < -0.4 is 15.6 Å². The van der Waals surface area contributed by atoms with Crippen molar-refractivity contribution in [2.24, 2.45) is 0 Å². The van der Waals surface area contributed by atoms with Crippen LogP contribution in [0.25, 0.3) is 10.9 Å². The van der Waals surface area contributed by atoms with E-state index in [-0.39, 0.29) is 17.6 Å². The van der Waals surface area contributed by atoms with Crippen LogP contribution in [0.1, 0.15) is 37.3 Å². The van der Waals surface area contributed by atoms with E-state index in [1.165, 1.54) is 0 Å². The summed E-state index contributed by atoms with van der Waals surface area (Å²) in [7, 11) is 1.68. The van der Waals surface area contributed by atoms with Crippen molar-refractivity contribution >= 4 is 10.9 Å². The number of methoxy groups -OCH3 is 1. The zero-order valence-electron chi connectivity index (χ0n) is 14.1. The molecule has 0 amide bonds. The zero-order chi connectivity index (χ0) is 17.1. The predicted octanol–water partition coefficient (Wildman–Crippen LogP) is 2.32. The lowest BCUT2D eigenvalue weighted by atomic mass is 10.1. The van der Waals surface area contributed by atoms with Gasteiger partial charge in [0.15, 0.2) is 5.82 Å². The molecule has 124 valence electrons. The predicted molar refractivity (Wildman–Crippen MR) is 94.1 cm³/mol. The van der Waals surface area contributed by atoms with Crippen molar-refractivity contribution in [2.45, 2.75) is 25.9 Å². The summed E-state index contributed by atoms with van der Waals surface area (Å²) >= 11 is 0. The first-order valence-electron chi connectivity index (χ1n) is 8.07. The van der Waals surface area contributed by atoms with Gasteiger partial charge in [-0.2, -0.15) is 0 Å². The molecule has 24 heavy (non-hydrogen) atoms. The molecule has 0 spiro atoms. The second kappa shape index (κ2) is 6.84. The fourth-order valence-electron chi connectivity index (χ4n) is 2.99. The number of quaternary nitrogens is 1. The van der Waals surface area contributed by atoms with Crippen molar-refractivity contribution in [1.82, 2.24) is 9.97 Å². The molecule has 2 aromatic carbocycles. The molecule has 0 saturated carbocycles. The number of fused-ring (bicyclic) bond motifs is 1. The molecule has 3 N–H and O–H groups in total. The number of nitrogens with one attached hydrogen (secondary N) is 1. The molecule has 3 aromatic rings. The molecule has 2 atom stereocenters. The molecular weight excluding hydrogens is 302 g/mol. The van der Waals surface area contributed by atoms with Crippen LogP contribution in [0.4, 0.5) is 0 Å². The smallest absolute Gasteiger partial charge is 0.258 e. The second-order valence-corrected chi connectivity index (χ2v) is 5.98. The van der Waals surface area contributed by atoms with Gasteiger partial charge >= 0.3 is 0 Å². The lowest BCUT2D eigenvalue weighted by molar-refractivity contribution is -0.729. The van der Waals surface area contributed by atoms with Gasteiger partial charge in [-0.25, -0.2) is 4.98 Å². The quantitative estimate of drug-likeness (QED) is 0.756. The molecule has 0 unspecified atom stereocenters. The standard InChI is InChI=1S/C19H21N3O2/c1-12(14-8-5-7-11-17(14)24-3)20-13(2)18-21-16-10-6-4-9-15(16)19(23)22-18/h4-13,20H,1-3H3,(H,21,22,23)/p+1/t12-,13-/m1/s1. The Balaban J connectivity index is 1.87. The van der Waals surface area contributed by atoms with Gasteiger partial charge in [0.05, 0.1) is 23.6 Å². The summed E-state index contributed by atoms with van der Waals surface area (Å²) in [6.07, 6.45) is 0. The number of H-pyrrole nitrogens is 1. The van der Waals surface area contributed by atoms with Crippen LogP contribution in [-0.4, -0.2) is 17.1 Å². The number of nitrogens with two attached hydrogens (primary N) is 1. The normalized spacial score (nSPS) is 13.6. The van der Waals surface area contributed by atoms with E-state index in [2.05, 4.69) is 28.3 Å². The van der Waals surface area contributed by atoms with Crippen LogP contribution in [0.15, 0.2) is 53.3 Å². The average Bonchev–Trinajstić information content (AvgIpc) is 2.61. The number of nitrogens with zero attached hydrogens (tertiary/aromatic N) is 1. The molecule has 0 aliphatic rings. The second-order valence-electron chi connectivity index (χ2n) is 5.98. The SMILES string of the molecule is COc1ccccc1[C@@H](C)[NH2+][C@H](C)c1nc2ccccc2c(=O)[nH]1. The Kier molecular flexibility index (Phi) is 4.62. The first kappa shape index (κ1) is 16.2. The molecule has 0 aliphatic carbocycles. The van der Waals surface area contributed by atoms with Crippen molar-refractivity contribution < 1.29 is 10.1 Å². The molecule has 5 heteroatoms. The average molecular weight is 324 g/mol. The van der Waals surface area contributed by atoms with Crippen molar-refractivity contribution in [3.63, 3.8) is 0 Å². The van der Waals surface area contributed by atoms with Gasteiger partial charge in [-0.05, 0) is 38.1 Å². The molecule has 0 bridgehead atoms. The van der Waals surface area contributed by atoms with Crippen LogP contribution in [0.2, 0.25) is 0 Å². The van der Waals surface area contributed by atoms with E-state index < -0.39 is 0 Å². The van der Waals surface area contributed by atoms with Crippen molar-refractivity contribution in [3.8, 4) is 5.75 Å². The highest BCUT2D eigenvalue weighted by Gasteiger charge is 2.20. The number of rotatable bonds is 5. The van der Waals surface area contributed by atoms with Crippen LogP contribution in [0.5, 0.6) is 5.75 Å². The van der Waals surface area contributed by atoms with E-state index in [4.69, 9.17) is 4.74 Å². The highest BCUT2D eigenvalue weighted by atomic mass is 16.5. The van der Waals surface area contributed by atoms with E-state index in [1.807, 2.05) is 43.3 Å². The maximum atomic E-state index is 12.2. The number of aromatic amines is 1. The lowest BCUT2D eigenvalue weighted by Gasteiger charge is -2.18. The van der Waals surface area contributed by atoms with E-state index in [0.29, 0.717) is 11.2 Å². The van der Waals surface area contributed by atoms with Crippen LogP contribution in [0, 0.1) is 0 Å². The van der Waals surface area contributed by atoms with E-state index in [9.17, 15) is 4.79 Å². The van der Waals surface area contributed by atoms with Gasteiger partial charge in [-0.3, -0.25) is 4.79 Å². The number of para-hydroxylation sites is 2. The van der Waals surface area contributed by atoms with Gasteiger partial charge < -0.3 is 15.0 Å². The van der Waals surface area contributed by atoms with Gasteiger partial charge in [-0.1, -0.05) is 24.3 Å². The molecule has 0 saturated heterocycles. The molecule has 1 aromatic heterocycles. The lowest BCUT2D eigenvalue weighted by Crippen LogP contribution is -2.85. The van der Waals surface area contributed by atoms with E-state index in [1.54, 1.807) is 13.2 Å². The highest BCUT2D eigenvalue weighted by molar-refractivity contribution is 5.77. The molecule has 3 rings (SSSR count). The third-order valence-corrected chi connectivity index (χ3v) is 4.27. The van der Waals surface area contributed by atoms with Crippen LogP contribution in [0.3, 0.4) is 0 Å². The Morgan fingerprint density at radius 2 is 1.75 bits per heavy atom. The summed E-state index contributed by atoms with van der Waals surface area (Å²) < 4.78 is 5.44. The summed E-state index contributed by atoms with van der Waals surface area (Å²) in [4.78, 5) is 19.7. The summed E-state index contributed by atoms with van der Waals surface area (Å²) in [5.41, 5.74) is 1.75. The Bertz CT molecular complexity index is 904. The molecule has 0 fully saturated rings. The van der Waals surface area contributed by atoms with E-state index >= 15 is 0 Å². The van der Waals surface area contributed by atoms with Crippen molar-refractivity contribution in [1.29, 1.82) is 0 Å². The first-order chi connectivity index (χ1) is 11.6. The summed E-state index contributed by atoms with van der Waals surface area (Å²) in [6.45, 7) is 4.16. The van der Waals surface area contributed by atoms with E-state index in [0.717, 1.165) is 16.8 Å². The monoisotopic (exact) mass is 324 g/mol. The minimum Gasteiger partial charge on any atom is -0.496 e.